The molecule has 0 fully saturated rings. The van der Waals surface area contributed by atoms with Crippen molar-refractivity contribution in [2.24, 2.45) is 0 Å². The molecule has 1 amide bonds. The van der Waals surface area contributed by atoms with Gasteiger partial charge in [0.05, 0.1) is 0 Å². The number of likely N-dealkylation sites (N-methyl/N-ethyl adjacent to an activating group) is 1. The lowest BCUT2D eigenvalue weighted by atomic mass is 10.1. The highest BCUT2D eigenvalue weighted by Gasteiger charge is 2.23. The van der Waals surface area contributed by atoms with Gasteiger partial charge in [0.15, 0.2) is 0 Å². The maximum Gasteiger partial charge on any atom is 0.322 e. The van der Waals surface area contributed by atoms with E-state index in [-0.39, 0.29) is 5.91 Å². The van der Waals surface area contributed by atoms with Gasteiger partial charge in [0.1, 0.15) is 12.6 Å². The normalized spacial score (nSPS) is 12.2. The van der Waals surface area contributed by atoms with Crippen molar-refractivity contribution in [3.8, 4) is 0 Å². The van der Waals surface area contributed by atoms with Crippen LogP contribution >= 0.6 is 11.6 Å². The summed E-state index contributed by atoms with van der Waals surface area (Å²) in [4.78, 5) is 24.1. The molecular formula is C12H15ClN2O3. The first-order chi connectivity index (χ1) is 8.41. The van der Waals surface area contributed by atoms with E-state index in [1.165, 1.54) is 0 Å². The molecular weight excluding hydrogens is 256 g/mol. The van der Waals surface area contributed by atoms with E-state index in [0.29, 0.717) is 5.02 Å². The van der Waals surface area contributed by atoms with E-state index >= 15 is 0 Å². The lowest BCUT2D eigenvalue weighted by molar-refractivity contribution is -0.138. The molecule has 5 nitrogen and oxygen atoms in total. The number of hydrogen-bond donors (Lipinski definition) is 2. The van der Waals surface area contributed by atoms with Crippen molar-refractivity contribution >= 4 is 23.5 Å². The summed E-state index contributed by atoms with van der Waals surface area (Å²) in [6.45, 7) is -0.399. The zero-order valence-electron chi connectivity index (χ0n) is 10.2. The van der Waals surface area contributed by atoms with Gasteiger partial charge in [0.2, 0.25) is 5.91 Å². The number of carboxylic acid groups (broad SMARTS) is 1. The van der Waals surface area contributed by atoms with E-state index < -0.39 is 18.6 Å². The number of benzene rings is 1. The summed E-state index contributed by atoms with van der Waals surface area (Å²) in [5.74, 6) is -1.45. The molecule has 1 unspecified atom stereocenters. The second kappa shape index (κ2) is 6.37. The molecule has 0 saturated carbocycles. The predicted molar refractivity (Wildman–Crippen MR) is 68.5 cm³/mol. The minimum Gasteiger partial charge on any atom is -0.480 e. The van der Waals surface area contributed by atoms with Gasteiger partial charge in [-0.2, -0.15) is 0 Å². The van der Waals surface area contributed by atoms with Crippen molar-refractivity contribution in [3.63, 3.8) is 0 Å². The maximum absolute atomic E-state index is 11.9. The van der Waals surface area contributed by atoms with Gasteiger partial charge in [-0.25, -0.2) is 0 Å². The highest BCUT2D eigenvalue weighted by atomic mass is 35.5. The summed E-state index contributed by atoms with van der Waals surface area (Å²) in [5.41, 5.74) is 0.718. The topological polar surface area (TPSA) is 69.6 Å². The first kappa shape index (κ1) is 14.5. The second-order valence-electron chi connectivity index (χ2n) is 4.03. The van der Waals surface area contributed by atoms with E-state index in [9.17, 15) is 9.59 Å². The fraction of sp³-hybridized carbons (Fsp3) is 0.333. The van der Waals surface area contributed by atoms with Crippen LogP contribution in [0.15, 0.2) is 24.3 Å². The van der Waals surface area contributed by atoms with Crippen LogP contribution in [0.1, 0.15) is 11.6 Å². The number of hydrogen-bond acceptors (Lipinski definition) is 3. The first-order valence-corrected chi connectivity index (χ1v) is 5.71. The van der Waals surface area contributed by atoms with Gasteiger partial charge < -0.3 is 10.4 Å². The van der Waals surface area contributed by atoms with E-state index in [2.05, 4.69) is 5.32 Å². The number of halogens is 1. The van der Waals surface area contributed by atoms with Gasteiger partial charge in [-0.05, 0) is 31.8 Å². The third-order valence-electron chi connectivity index (χ3n) is 2.34. The molecule has 6 heteroatoms. The number of amides is 1. The van der Waals surface area contributed by atoms with Gasteiger partial charge in [0, 0.05) is 5.02 Å². The third kappa shape index (κ3) is 4.01. The SMILES string of the molecule is CN(C)C(C(=O)NCC(=O)O)c1cccc(Cl)c1. The summed E-state index contributed by atoms with van der Waals surface area (Å²) in [6.07, 6.45) is 0. The molecule has 0 aliphatic carbocycles. The van der Waals surface area contributed by atoms with Gasteiger partial charge in [-0.3, -0.25) is 14.5 Å². The monoisotopic (exact) mass is 270 g/mol. The lowest BCUT2D eigenvalue weighted by Crippen LogP contribution is -2.39. The largest absolute Gasteiger partial charge is 0.480 e. The predicted octanol–water partition coefficient (Wildman–Crippen LogP) is 1.14. The van der Waals surface area contributed by atoms with Crippen molar-refractivity contribution in [1.82, 2.24) is 10.2 Å². The zero-order chi connectivity index (χ0) is 13.7. The smallest absolute Gasteiger partial charge is 0.322 e. The molecule has 0 aromatic heterocycles. The zero-order valence-corrected chi connectivity index (χ0v) is 10.9. The van der Waals surface area contributed by atoms with Crippen molar-refractivity contribution in [2.75, 3.05) is 20.6 Å². The molecule has 0 spiro atoms. The number of carbonyl (C=O) groups is 2. The standard InChI is InChI=1S/C12H15ClN2O3/c1-15(2)11(12(18)14-7-10(16)17)8-4-3-5-9(13)6-8/h3-6,11H,7H2,1-2H3,(H,14,18)(H,16,17). The lowest BCUT2D eigenvalue weighted by Gasteiger charge is -2.23. The second-order valence-corrected chi connectivity index (χ2v) is 4.47. The van der Waals surface area contributed by atoms with Gasteiger partial charge >= 0.3 is 5.97 Å². The van der Waals surface area contributed by atoms with E-state index in [4.69, 9.17) is 16.7 Å². The molecule has 0 aliphatic rings. The van der Waals surface area contributed by atoms with Crippen LogP contribution in [-0.2, 0) is 9.59 Å². The molecule has 1 aromatic rings. The number of carbonyl (C=O) groups excluding carboxylic acids is 1. The molecule has 0 heterocycles. The Morgan fingerprint density at radius 1 is 1.44 bits per heavy atom. The van der Waals surface area contributed by atoms with E-state index in [0.717, 1.165) is 5.56 Å². The summed E-state index contributed by atoms with van der Waals surface area (Å²) in [5, 5.41) is 11.4. The highest BCUT2D eigenvalue weighted by molar-refractivity contribution is 6.30. The number of aliphatic carboxylic acids is 1. The van der Waals surface area contributed by atoms with Crippen LogP contribution in [0.5, 0.6) is 0 Å². The number of rotatable bonds is 5. The summed E-state index contributed by atoms with van der Waals surface area (Å²) < 4.78 is 0. The van der Waals surface area contributed by atoms with Crippen molar-refractivity contribution in [1.29, 1.82) is 0 Å². The minimum absolute atomic E-state index is 0.371. The Labute approximate surface area is 110 Å². The molecule has 0 saturated heterocycles. The van der Waals surface area contributed by atoms with Gasteiger partial charge in [0.25, 0.3) is 0 Å². The molecule has 0 radical (unpaired) electrons. The van der Waals surface area contributed by atoms with E-state index in [1.807, 2.05) is 0 Å². The first-order valence-electron chi connectivity index (χ1n) is 5.33. The molecule has 0 aliphatic heterocycles. The van der Waals surface area contributed by atoms with Crippen molar-refractivity contribution in [2.45, 2.75) is 6.04 Å². The fourth-order valence-corrected chi connectivity index (χ4v) is 1.82. The summed E-state index contributed by atoms with van der Waals surface area (Å²) in [7, 11) is 3.48. The molecule has 1 rings (SSSR count). The fourth-order valence-electron chi connectivity index (χ4n) is 1.62. The Kier molecular flexibility index (Phi) is 5.12. The number of carboxylic acids is 1. The molecule has 0 bridgehead atoms. The van der Waals surface area contributed by atoms with Crippen molar-refractivity contribution < 1.29 is 14.7 Å². The Hall–Kier alpha value is -1.59. The molecule has 98 valence electrons. The van der Waals surface area contributed by atoms with Gasteiger partial charge in [-0.15, -0.1) is 0 Å². The Bertz CT molecular complexity index is 449. The Morgan fingerprint density at radius 2 is 2.11 bits per heavy atom. The van der Waals surface area contributed by atoms with Gasteiger partial charge in [-0.1, -0.05) is 23.7 Å². The maximum atomic E-state index is 11.9. The van der Waals surface area contributed by atoms with E-state index in [1.54, 1.807) is 43.3 Å². The Balaban J connectivity index is 2.89. The minimum atomic E-state index is -1.08. The number of nitrogens with zero attached hydrogens (tertiary/aromatic N) is 1. The van der Waals surface area contributed by atoms with Crippen LogP contribution in [0.2, 0.25) is 5.02 Å². The summed E-state index contributed by atoms with van der Waals surface area (Å²) in [6, 6.07) is 6.36. The Morgan fingerprint density at radius 3 is 2.61 bits per heavy atom. The van der Waals surface area contributed by atoms with Crippen molar-refractivity contribution in [3.05, 3.63) is 34.9 Å². The third-order valence-corrected chi connectivity index (χ3v) is 2.58. The molecule has 1 atom stereocenters. The average molecular weight is 271 g/mol. The van der Waals surface area contributed by atoms with Crippen LogP contribution in [0, 0.1) is 0 Å². The number of nitrogens with one attached hydrogen (secondary N) is 1. The molecule has 1 aromatic carbocycles. The summed E-state index contributed by atoms with van der Waals surface area (Å²) >= 11 is 5.88. The average Bonchev–Trinajstić information content (AvgIpc) is 2.26. The molecule has 2 N–H and O–H groups in total. The highest BCUT2D eigenvalue weighted by Crippen LogP contribution is 2.21. The van der Waals surface area contributed by atoms with Crippen LogP contribution in [0.4, 0.5) is 0 Å². The van der Waals surface area contributed by atoms with Crippen LogP contribution in [0.25, 0.3) is 0 Å². The quantitative estimate of drug-likeness (QED) is 0.842. The molecule has 18 heavy (non-hydrogen) atoms. The van der Waals surface area contributed by atoms with Crippen LogP contribution in [0.3, 0.4) is 0 Å². The van der Waals surface area contributed by atoms with Crippen LogP contribution < -0.4 is 5.32 Å². The van der Waals surface area contributed by atoms with Crippen LogP contribution in [-0.4, -0.2) is 42.5 Å².